The molecule has 0 spiro atoms. The molecule has 0 aromatic heterocycles. The zero-order chi connectivity index (χ0) is 20.7. The molecule has 30 heavy (non-hydrogen) atoms. The van der Waals surface area contributed by atoms with Crippen LogP contribution in [0.5, 0.6) is 0 Å². The summed E-state index contributed by atoms with van der Waals surface area (Å²) in [5.41, 5.74) is 2.10. The number of rotatable bonds is 3. The average Bonchev–Trinajstić information content (AvgIpc) is 2.76. The fourth-order valence-corrected chi connectivity index (χ4v) is 9.57. The van der Waals surface area contributed by atoms with Crippen LogP contribution in [-0.2, 0) is 20.7 Å². The first-order chi connectivity index (χ1) is 14.5. The number of aryl methyl sites for hydroxylation is 1. The normalized spacial score (nSPS) is 18.6. The van der Waals surface area contributed by atoms with Crippen molar-refractivity contribution >= 4 is 43.2 Å². The van der Waals surface area contributed by atoms with Crippen molar-refractivity contribution in [3.8, 4) is 0 Å². The number of nitrogens with zero attached hydrogens (tertiary/aromatic N) is 1. The highest BCUT2D eigenvalue weighted by Crippen LogP contribution is 2.50. The van der Waals surface area contributed by atoms with Gasteiger partial charge < -0.3 is 0 Å². The first-order valence-electron chi connectivity index (χ1n) is 9.54. The number of benzene rings is 4. The van der Waals surface area contributed by atoms with E-state index in [1.54, 1.807) is 23.9 Å². The van der Waals surface area contributed by atoms with E-state index in [1.165, 1.54) is 4.90 Å². The maximum absolute atomic E-state index is 13.3. The Labute approximate surface area is 183 Å². The predicted octanol–water partition coefficient (Wildman–Crippen LogP) is 6.50. The van der Waals surface area contributed by atoms with Crippen molar-refractivity contribution in [2.75, 3.05) is 0 Å². The molecule has 1 heterocycles. The topological polar surface area (TPSA) is 46.5 Å². The number of sulfonamides is 1. The fourth-order valence-electron chi connectivity index (χ4n) is 3.57. The molecule has 5 rings (SSSR count). The molecule has 2 atom stereocenters. The Morgan fingerprint density at radius 1 is 0.833 bits per heavy atom. The highest BCUT2D eigenvalue weighted by molar-refractivity contribution is 8.14. The largest absolute Gasteiger partial charge is 0.288 e. The lowest BCUT2D eigenvalue weighted by Crippen LogP contribution is -2.11. The van der Waals surface area contributed by atoms with Crippen LogP contribution in [0.15, 0.2) is 109 Å². The molecule has 1 aliphatic rings. The highest BCUT2D eigenvalue weighted by Gasteiger charge is 2.30. The molecular formula is C24H19NO2S3. The maximum Gasteiger partial charge on any atom is 0.288 e. The van der Waals surface area contributed by atoms with Gasteiger partial charge in [0.05, 0.1) is 9.48 Å². The van der Waals surface area contributed by atoms with Crippen molar-refractivity contribution in [2.45, 2.75) is 26.2 Å². The van der Waals surface area contributed by atoms with E-state index < -0.39 is 20.7 Å². The summed E-state index contributed by atoms with van der Waals surface area (Å²) in [6, 6.07) is 29.3. The van der Waals surface area contributed by atoms with Crippen LogP contribution in [0.25, 0.3) is 10.8 Å². The molecule has 1 aliphatic heterocycles. The predicted molar refractivity (Wildman–Crippen MR) is 125 cm³/mol. The van der Waals surface area contributed by atoms with Gasteiger partial charge in [0.1, 0.15) is 0 Å². The maximum atomic E-state index is 13.3. The van der Waals surface area contributed by atoms with Crippen molar-refractivity contribution in [3.05, 3.63) is 102 Å². The van der Waals surface area contributed by atoms with Gasteiger partial charge >= 0.3 is 0 Å². The first kappa shape index (κ1) is 19.5. The zero-order valence-electron chi connectivity index (χ0n) is 16.2. The lowest BCUT2D eigenvalue weighted by atomic mass is 10.1. The van der Waals surface area contributed by atoms with Crippen LogP contribution in [0.3, 0.4) is 0 Å². The standard InChI is InChI=1S/C24H19NO2S3/c1-17-13-15-20(16-14-17)30(26,27)25-29-22-12-6-10-18-9-5-11-21(23(18)22)28-24(29)19-7-3-2-4-8-19/h2-16,24H,1H3. The van der Waals surface area contributed by atoms with E-state index in [4.69, 9.17) is 0 Å². The second-order valence-corrected chi connectivity index (χ2v) is 12.2. The molecule has 0 saturated carbocycles. The third-order valence-electron chi connectivity index (χ3n) is 5.06. The molecule has 0 radical (unpaired) electrons. The molecule has 6 heteroatoms. The van der Waals surface area contributed by atoms with Crippen LogP contribution < -0.4 is 0 Å². The summed E-state index contributed by atoms with van der Waals surface area (Å²) < 4.78 is 30.9. The minimum atomic E-state index is -3.79. The first-order valence-corrected chi connectivity index (χ1v) is 13.1. The van der Waals surface area contributed by atoms with Gasteiger partial charge in [-0.3, -0.25) is 0 Å². The molecule has 0 amide bonds. The van der Waals surface area contributed by atoms with Gasteiger partial charge in [-0.25, -0.2) is 0 Å². The lowest BCUT2D eigenvalue weighted by molar-refractivity contribution is 0.598. The molecule has 0 aliphatic carbocycles. The Balaban J connectivity index is 1.76. The monoisotopic (exact) mass is 449 g/mol. The summed E-state index contributed by atoms with van der Waals surface area (Å²) in [5, 5.41) is 2.23. The summed E-state index contributed by atoms with van der Waals surface area (Å²) in [6.07, 6.45) is 0. The quantitative estimate of drug-likeness (QED) is 0.358. The molecule has 150 valence electrons. The summed E-state index contributed by atoms with van der Waals surface area (Å²) in [7, 11) is -4.65. The molecule has 0 saturated heterocycles. The lowest BCUT2D eigenvalue weighted by Gasteiger charge is -2.27. The van der Waals surface area contributed by atoms with Gasteiger partial charge in [0.15, 0.2) is 0 Å². The minimum absolute atomic E-state index is 0.0908. The van der Waals surface area contributed by atoms with E-state index >= 15 is 0 Å². The third kappa shape index (κ3) is 3.49. The van der Waals surface area contributed by atoms with E-state index in [-0.39, 0.29) is 9.48 Å². The van der Waals surface area contributed by atoms with Gasteiger partial charge in [-0.1, -0.05) is 72.3 Å². The summed E-state index contributed by atoms with van der Waals surface area (Å²) in [4.78, 5) is 2.40. The van der Waals surface area contributed by atoms with Crippen molar-refractivity contribution in [2.24, 2.45) is 3.77 Å². The van der Waals surface area contributed by atoms with E-state index in [9.17, 15) is 8.42 Å². The van der Waals surface area contributed by atoms with Crippen LogP contribution in [-0.4, -0.2) is 8.42 Å². The van der Waals surface area contributed by atoms with E-state index in [0.29, 0.717) is 0 Å². The summed E-state index contributed by atoms with van der Waals surface area (Å²) in [6.45, 7) is 1.94. The molecule has 4 aromatic carbocycles. The van der Waals surface area contributed by atoms with Gasteiger partial charge in [-0.15, -0.1) is 15.5 Å². The Hall–Kier alpha value is -2.41. The molecule has 0 bridgehead atoms. The minimum Gasteiger partial charge on any atom is -0.199 e. The number of hydrogen-bond acceptors (Lipinski definition) is 3. The van der Waals surface area contributed by atoms with Gasteiger partial charge in [-0.2, -0.15) is 8.42 Å². The highest BCUT2D eigenvalue weighted by atomic mass is 32.3. The van der Waals surface area contributed by atoms with Crippen molar-refractivity contribution in [1.29, 1.82) is 0 Å². The van der Waals surface area contributed by atoms with Gasteiger partial charge in [0.2, 0.25) is 0 Å². The van der Waals surface area contributed by atoms with Crippen LogP contribution in [0, 0.1) is 6.92 Å². The Bertz CT molecular complexity index is 1370. The molecule has 2 unspecified atom stereocenters. The SMILES string of the molecule is Cc1ccc(S(=O)(=O)/N=S2\c3cccc4cccc(c34)SC2c2ccccc2)cc1. The molecule has 3 nitrogen and oxygen atoms in total. The van der Waals surface area contributed by atoms with E-state index in [1.807, 2.05) is 49.4 Å². The summed E-state index contributed by atoms with van der Waals surface area (Å²) in [5.74, 6) is 0. The molecule has 4 aromatic rings. The Kier molecular flexibility index (Phi) is 5.01. The fraction of sp³-hybridized carbons (Fsp3) is 0.0833. The van der Waals surface area contributed by atoms with E-state index in [2.05, 4.69) is 40.2 Å². The van der Waals surface area contributed by atoms with Crippen LogP contribution in [0.1, 0.15) is 15.7 Å². The van der Waals surface area contributed by atoms with Crippen LogP contribution in [0.4, 0.5) is 0 Å². The summed E-state index contributed by atoms with van der Waals surface area (Å²) >= 11 is 1.70. The van der Waals surface area contributed by atoms with Gasteiger partial charge in [-0.05, 0) is 52.8 Å². The number of thioether (sulfide) groups is 1. The third-order valence-corrected chi connectivity index (χ3v) is 10.7. The molecule has 0 N–H and O–H groups in total. The Morgan fingerprint density at radius 3 is 2.27 bits per heavy atom. The second-order valence-electron chi connectivity index (χ2n) is 7.15. The van der Waals surface area contributed by atoms with Crippen molar-refractivity contribution in [3.63, 3.8) is 0 Å². The van der Waals surface area contributed by atoms with Crippen molar-refractivity contribution < 1.29 is 8.42 Å². The van der Waals surface area contributed by atoms with E-state index in [0.717, 1.165) is 26.8 Å². The number of hydrogen-bond donors (Lipinski definition) is 0. The zero-order valence-corrected chi connectivity index (χ0v) is 18.7. The van der Waals surface area contributed by atoms with Crippen LogP contribution in [0.2, 0.25) is 0 Å². The van der Waals surface area contributed by atoms with Gasteiger partial charge in [0.25, 0.3) is 10.0 Å². The van der Waals surface area contributed by atoms with Crippen LogP contribution >= 0.6 is 11.8 Å². The smallest absolute Gasteiger partial charge is 0.199 e. The second kappa shape index (κ2) is 7.69. The van der Waals surface area contributed by atoms with Crippen molar-refractivity contribution in [1.82, 2.24) is 0 Å². The van der Waals surface area contributed by atoms with Gasteiger partial charge in [0, 0.05) is 15.2 Å². The Morgan fingerprint density at radius 2 is 1.53 bits per heavy atom. The average molecular weight is 450 g/mol. The molecular weight excluding hydrogens is 430 g/mol. The molecule has 0 fully saturated rings.